The van der Waals surface area contributed by atoms with Gasteiger partial charge in [-0.05, 0) is 36.6 Å². The SMILES string of the molecule is CC1C[C@@H](N)CN(c2ccc(F)c3ncccc23)C1. The molecule has 1 aromatic heterocycles. The molecule has 2 aromatic rings. The quantitative estimate of drug-likeness (QED) is 0.855. The van der Waals surface area contributed by atoms with Crippen LogP contribution in [0.1, 0.15) is 13.3 Å². The lowest BCUT2D eigenvalue weighted by Crippen LogP contribution is -2.46. The zero-order valence-electron chi connectivity index (χ0n) is 11.0. The Bertz CT molecular complexity index is 589. The zero-order chi connectivity index (χ0) is 13.4. The molecule has 1 unspecified atom stereocenters. The van der Waals surface area contributed by atoms with Gasteiger partial charge in [-0.2, -0.15) is 0 Å². The van der Waals surface area contributed by atoms with Crippen LogP contribution in [0, 0.1) is 11.7 Å². The van der Waals surface area contributed by atoms with E-state index in [2.05, 4.69) is 16.8 Å². The average Bonchev–Trinajstić information content (AvgIpc) is 2.38. The largest absolute Gasteiger partial charge is 0.369 e. The van der Waals surface area contributed by atoms with Crippen LogP contribution in [0.15, 0.2) is 30.5 Å². The number of anilines is 1. The summed E-state index contributed by atoms with van der Waals surface area (Å²) in [5.41, 5.74) is 7.57. The van der Waals surface area contributed by atoms with Crippen molar-refractivity contribution in [1.82, 2.24) is 4.98 Å². The molecule has 1 aromatic carbocycles. The van der Waals surface area contributed by atoms with Crippen molar-refractivity contribution in [3.8, 4) is 0 Å². The number of hydrogen-bond acceptors (Lipinski definition) is 3. The Hall–Kier alpha value is -1.68. The number of nitrogens with two attached hydrogens (primary N) is 1. The summed E-state index contributed by atoms with van der Waals surface area (Å²) < 4.78 is 13.8. The first-order valence-electron chi connectivity index (χ1n) is 6.69. The van der Waals surface area contributed by atoms with Crippen molar-refractivity contribution in [2.24, 2.45) is 11.7 Å². The Balaban J connectivity index is 2.07. The number of piperidine rings is 1. The molecule has 4 heteroatoms. The van der Waals surface area contributed by atoms with E-state index in [4.69, 9.17) is 5.73 Å². The highest BCUT2D eigenvalue weighted by Gasteiger charge is 2.23. The van der Waals surface area contributed by atoms with Crippen molar-refractivity contribution in [2.45, 2.75) is 19.4 Å². The number of pyridine rings is 1. The summed E-state index contributed by atoms with van der Waals surface area (Å²) in [5.74, 6) is 0.286. The van der Waals surface area contributed by atoms with Gasteiger partial charge in [-0.3, -0.25) is 4.98 Å². The van der Waals surface area contributed by atoms with E-state index in [0.29, 0.717) is 11.4 Å². The van der Waals surface area contributed by atoms with Crippen LogP contribution in [0.5, 0.6) is 0 Å². The van der Waals surface area contributed by atoms with Crippen LogP contribution in [0.25, 0.3) is 10.9 Å². The second-order valence-corrected chi connectivity index (χ2v) is 5.47. The first kappa shape index (κ1) is 12.4. The van der Waals surface area contributed by atoms with Gasteiger partial charge in [-0.25, -0.2) is 4.39 Å². The van der Waals surface area contributed by atoms with E-state index < -0.39 is 0 Å². The van der Waals surface area contributed by atoms with Gasteiger partial charge in [0.05, 0.1) is 0 Å². The van der Waals surface area contributed by atoms with Crippen LogP contribution < -0.4 is 10.6 Å². The van der Waals surface area contributed by atoms with E-state index in [1.165, 1.54) is 6.07 Å². The third kappa shape index (κ3) is 2.28. The molecular weight excluding hydrogens is 241 g/mol. The molecule has 1 aliphatic rings. The Morgan fingerprint density at radius 3 is 2.95 bits per heavy atom. The molecule has 0 saturated carbocycles. The van der Waals surface area contributed by atoms with Crippen LogP contribution >= 0.6 is 0 Å². The van der Waals surface area contributed by atoms with Crippen LogP contribution in [0.3, 0.4) is 0 Å². The lowest BCUT2D eigenvalue weighted by atomic mass is 9.95. The third-order valence-electron chi connectivity index (χ3n) is 3.73. The maximum Gasteiger partial charge on any atom is 0.149 e. The monoisotopic (exact) mass is 259 g/mol. The fourth-order valence-corrected chi connectivity index (χ4v) is 3.00. The molecule has 1 saturated heterocycles. The van der Waals surface area contributed by atoms with Crippen LogP contribution in [0.2, 0.25) is 0 Å². The number of benzene rings is 1. The van der Waals surface area contributed by atoms with Gasteiger partial charge in [0.2, 0.25) is 0 Å². The number of rotatable bonds is 1. The molecule has 1 fully saturated rings. The summed E-state index contributed by atoms with van der Waals surface area (Å²) in [6.07, 6.45) is 2.67. The van der Waals surface area contributed by atoms with Crippen LogP contribution in [0.4, 0.5) is 10.1 Å². The lowest BCUT2D eigenvalue weighted by molar-refractivity contribution is 0.402. The average molecular weight is 259 g/mol. The first-order valence-corrected chi connectivity index (χ1v) is 6.69. The molecular formula is C15H18FN3. The topological polar surface area (TPSA) is 42.1 Å². The molecule has 0 spiro atoms. The molecule has 0 amide bonds. The summed E-state index contributed by atoms with van der Waals surface area (Å²) in [6, 6.07) is 7.28. The fraction of sp³-hybridized carbons (Fsp3) is 0.400. The van der Waals surface area contributed by atoms with Crippen LogP contribution in [-0.2, 0) is 0 Å². The van der Waals surface area contributed by atoms with Gasteiger partial charge < -0.3 is 10.6 Å². The van der Waals surface area contributed by atoms with Gasteiger partial charge in [-0.15, -0.1) is 0 Å². The van der Waals surface area contributed by atoms with E-state index in [1.54, 1.807) is 6.20 Å². The summed E-state index contributed by atoms with van der Waals surface area (Å²) in [4.78, 5) is 6.39. The Morgan fingerprint density at radius 2 is 2.16 bits per heavy atom. The maximum atomic E-state index is 13.8. The fourth-order valence-electron chi connectivity index (χ4n) is 3.00. The Morgan fingerprint density at radius 1 is 1.32 bits per heavy atom. The number of fused-ring (bicyclic) bond motifs is 1. The van der Waals surface area contributed by atoms with Gasteiger partial charge >= 0.3 is 0 Å². The Labute approximate surface area is 112 Å². The van der Waals surface area contributed by atoms with Crippen molar-refractivity contribution < 1.29 is 4.39 Å². The van der Waals surface area contributed by atoms with E-state index in [1.807, 2.05) is 18.2 Å². The van der Waals surface area contributed by atoms with Crippen molar-refractivity contribution >= 4 is 16.6 Å². The van der Waals surface area contributed by atoms with Gasteiger partial charge in [0.1, 0.15) is 11.3 Å². The molecule has 0 aliphatic carbocycles. The molecule has 100 valence electrons. The summed E-state index contributed by atoms with van der Waals surface area (Å²) in [6.45, 7) is 3.99. The molecule has 1 aliphatic heterocycles. The Kier molecular flexibility index (Phi) is 3.11. The third-order valence-corrected chi connectivity index (χ3v) is 3.73. The predicted octanol–water partition coefficient (Wildman–Crippen LogP) is 2.55. The zero-order valence-corrected chi connectivity index (χ0v) is 11.0. The van der Waals surface area contributed by atoms with Crippen molar-refractivity contribution in [2.75, 3.05) is 18.0 Å². The normalized spacial score (nSPS) is 23.8. The molecule has 0 radical (unpaired) electrons. The smallest absolute Gasteiger partial charge is 0.149 e. The van der Waals surface area contributed by atoms with E-state index in [-0.39, 0.29) is 11.9 Å². The minimum atomic E-state index is -0.270. The number of halogens is 1. The van der Waals surface area contributed by atoms with Gasteiger partial charge in [0.15, 0.2) is 0 Å². The summed E-state index contributed by atoms with van der Waals surface area (Å²) >= 11 is 0. The van der Waals surface area contributed by atoms with Gasteiger partial charge in [0, 0.05) is 36.4 Å². The molecule has 19 heavy (non-hydrogen) atoms. The van der Waals surface area contributed by atoms with Crippen molar-refractivity contribution in [1.29, 1.82) is 0 Å². The first-order chi connectivity index (χ1) is 9.15. The highest BCUT2D eigenvalue weighted by molar-refractivity contribution is 5.92. The molecule has 3 nitrogen and oxygen atoms in total. The summed E-state index contributed by atoms with van der Waals surface area (Å²) in [7, 11) is 0. The molecule has 2 N–H and O–H groups in total. The van der Waals surface area contributed by atoms with Crippen LogP contribution in [-0.4, -0.2) is 24.1 Å². The molecule has 2 atom stereocenters. The number of nitrogens with zero attached hydrogens (tertiary/aromatic N) is 2. The van der Waals surface area contributed by atoms with Gasteiger partial charge in [-0.1, -0.05) is 6.92 Å². The maximum absolute atomic E-state index is 13.8. The molecule has 0 bridgehead atoms. The second kappa shape index (κ2) is 4.78. The molecule has 2 heterocycles. The van der Waals surface area contributed by atoms with E-state index >= 15 is 0 Å². The minimum Gasteiger partial charge on any atom is -0.369 e. The van der Waals surface area contributed by atoms with Crippen molar-refractivity contribution in [3.05, 3.63) is 36.3 Å². The van der Waals surface area contributed by atoms with Gasteiger partial charge in [0.25, 0.3) is 0 Å². The second-order valence-electron chi connectivity index (χ2n) is 5.47. The predicted molar refractivity (Wildman–Crippen MR) is 75.7 cm³/mol. The highest BCUT2D eigenvalue weighted by atomic mass is 19.1. The molecule has 3 rings (SSSR count). The number of aromatic nitrogens is 1. The van der Waals surface area contributed by atoms with Crippen molar-refractivity contribution in [3.63, 3.8) is 0 Å². The highest BCUT2D eigenvalue weighted by Crippen LogP contribution is 2.30. The minimum absolute atomic E-state index is 0.181. The number of hydrogen-bond donors (Lipinski definition) is 1. The lowest BCUT2D eigenvalue weighted by Gasteiger charge is -2.37. The van der Waals surface area contributed by atoms with E-state index in [9.17, 15) is 4.39 Å². The summed E-state index contributed by atoms with van der Waals surface area (Å²) in [5, 5.41) is 0.865. The standard InChI is InChI=1S/C15H18FN3/c1-10-7-11(17)9-19(8-10)14-5-4-13(16)15-12(14)3-2-6-18-15/h2-6,10-11H,7-9,17H2,1H3/t10?,11-/m1/s1. The van der Waals surface area contributed by atoms with E-state index in [0.717, 1.165) is 30.6 Å².